The summed E-state index contributed by atoms with van der Waals surface area (Å²) in [7, 11) is 0. The highest BCUT2D eigenvalue weighted by Crippen LogP contribution is 2.34. The largest absolute Gasteiger partial charge is 0.397 e. The Morgan fingerprint density at radius 1 is 1.62 bits per heavy atom. The molecule has 0 radical (unpaired) electrons. The van der Waals surface area contributed by atoms with Crippen LogP contribution in [0.25, 0.3) is 0 Å². The zero-order valence-corrected chi connectivity index (χ0v) is 8.34. The second-order valence-electron chi connectivity index (χ2n) is 2.90. The maximum atomic E-state index is 8.78. The van der Waals surface area contributed by atoms with Gasteiger partial charge in [0.05, 0.1) is 17.9 Å². The summed E-state index contributed by atoms with van der Waals surface area (Å²) in [5, 5.41) is 8.78. The van der Waals surface area contributed by atoms with Gasteiger partial charge in [0.2, 0.25) is 0 Å². The number of ether oxygens (including phenoxy) is 1. The van der Waals surface area contributed by atoms with Crippen molar-refractivity contribution in [3.05, 3.63) is 27.7 Å². The Morgan fingerprint density at radius 2 is 2.31 bits per heavy atom. The van der Waals surface area contributed by atoms with Crippen LogP contribution >= 0.6 is 15.9 Å². The predicted molar refractivity (Wildman–Crippen MR) is 52.0 cm³/mol. The van der Waals surface area contributed by atoms with Crippen LogP contribution in [0.2, 0.25) is 0 Å². The number of nitrogens with zero attached hydrogens (tertiary/aromatic N) is 1. The third-order valence-corrected chi connectivity index (χ3v) is 2.63. The molecule has 0 saturated carbocycles. The zero-order valence-electron chi connectivity index (χ0n) is 6.75. The minimum atomic E-state index is 0.156. The summed E-state index contributed by atoms with van der Waals surface area (Å²) in [5.74, 6) is 0. The molecule has 3 nitrogen and oxygen atoms in total. The van der Waals surface area contributed by atoms with Gasteiger partial charge in [-0.15, -0.1) is 0 Å². The molecule has 1 unspecified atom stereocenters. The van der Waals surface area contributed by atoms with E-state index in [9.17, 15) is 0 Å². The number of hydrogen-bond donors (Lipinski definition) is 1. The van der Waals surface area contributed by atoms with E-state index in [-0.39, 0.29) is 6.10 Å². The second kappa shape index (κ2) is 3.02. The van der Waals surface area contributed by atoms with Crippen LogP contribution in [0.3, 0.4) is 0 Å². The molecule has 1 aromatic rings. The van der Waals surface area contributed by atoms with E-state index in [4.69, 9.17) is 15.7 Å². The third-order valence-electron chi connectivity index (χ3n) is 1.98. The fourth-order valence-electron chi connectivity index (χ4n) is 1.16. The number of nitriles is 1. The summed E-state index contributed by atoms with van der Waals surface area (Å²) in [6.07, 6.45) is 0.156. The lowest BCUT2D eigenvalue weighted by Gasteiger charge is -2.03. The van der Waals surface area contributed by atoms with Crippen LogP contribution in [-0.2, 0) is 4.74 Å². The van der Waals surface area contributed by atoms with Crippen LogP contribution in [0.4, 0.5) is 5.69 Å². The highest BCUT2D eigenvalue weighted by Gasteiger charge is 2.26. The SMILES string of the molecule is N#Cc1cc(C2CO2)cc(Br)c1N. The first-order valence-electron chi connectivity index (χ1n) is 3.83. The first-order chi connectivity index (χ1) is 6.22. The molecule has 0 bridgehead atoms. The maximum absolute atomic E-state index is 8.78. The summed E-state index contributed by atoms with van der Waals surface area (Å²) in [6, 6.07) is 5.72. The molecule has 1 atom stereocenters. The third kappa shape index (κ3) is 1.53. The summed E-state index contributed by atoms with van der Waals surface area (Å²) < 4.78 is 5.88. The lowest BCUT2D eigenvalue weighted by molar-refractivity contribution is 0.415. The molecule has 1 aliphatic rings. The van der Waals surface area contributed by atoms with Crippen LogP contribution in [0.15, 0.2) is 16.6 Å². The van der Waals surface area contributed by atoms with E-state index >= 15 is 0 Å². The van der Waals surface area contributed by atoms with E-state index < -0.39 is 0 Å². The molecule has 1 aromatic carbocycles. The van der Waals surface area contributed by atoms with Crippen LogP contribution in [0.1, 0.15) is 17.2 Å². The number of benzene rings is 1. The number of nitrogen functional groups attached to an aromatic ring is 1. The van der Waals surface area contributed by atoms with Gasteiger partial charge in [0, 0.05) is 4.47 Å². The van der Waals surface area contributed by atoms with Gasteiger partial charge < -0.3 is 10.5 Å². The molecule has 1 heterocycles. The molecule has 2 N–H and O–H groups in total. The van der Waals surface area contributed by atoms with Gasteiger partial charge in [-0.1, -0.05) is 0 Å². The Morgan fingerprint density at radius 3 is 2.85 bits per heavy atom. The van der Waals surface area contributed by atoms with Crippen molar-refractivity contribution in [3.63, 3.8) is 0 Å². The van der Waals surface area contributed by atoms with Gasteiger partial charge in [0.25, 0.3) is 0 Å². The quantitative estimate of drug-likeness (QED) is 0.602. The van der Waals surface area contributed by atoms with Gasteiger partial charge in [-0.25, -0.2) is 0 Å². The topological polar surface area (TPSA) is 62.3 Å². The summed E-state index contributed by atoms with van der Waals surface area (Å²) >= 11 is 3.30. The van der Waals surface area contributed by atoms with Gasteiger partial charge in [0.15, 0.2) is 0 Å². The van der Waals surface area contributed by atoms with Crippen molar-refractivity contribution in [2.24, 2.45) is 0 Å². The fraction of sp³-hybridized carbons (Fsp3) is 0.222. The molecule has 1 saturated heterocycles. The minimum Gasteiger partial charge on any atom is -0.397 e. The van der Waals surface area contributed by atoms with Gasteiger partial charge in [-0.3, -0.25) is 0 Å². The van der Waals surface area contributed by atoms with E-state index in [1.165, 1.54) is 0 Å². The van der Waals surface area contributed by atoms with Crippen molar-refractivity contribution in [3.8, 4) is 6.07 Å². The Hall–Kier alpha value is -1.05. The molecule has 1 aliphatic heterocycles. The molecule has 2 rings (SSSR count). The Kier molecular flexibility index (Phi) is 1.98. The lowest BCUT2D eigenvalue weighted by atomic mass is 10.1. The van der Waals surface area contributed by atoms with Crippen molar-refractivity contribution in [2.45, 2.75) is 6.10 Å². The molecular formula is C9H7BrN2O. The van der Waals surface area contributed by atoms with E-state index in [1.807, 2.05) is 12.1 Å². The molecular weight excluding hydrogens is 232 g/mol. The molecule has 0 aliphatic carbocycles. The summed E-state index contributed by atoms with van der Waals surface area (Å²) in [4.78, 5) is 0. The summed E-state index contributed by atoms with van der Waals surface area (Å²) in [6.45, 7) is 0.737. The Labute approximate surface area is 84.2 Å². The molecule has 0 aromatic heterocycles. The molecule has 13 heavy (non-hydrogen) atoms. The first-order valence-corrected chi connectivity index (χ1v) is 4.62. The average molecular weight is 239 g/mol. The molecule has 0 spiro atoms. The number of halogens is 1. The van der Waals surface area contributed by atoms with Crippen molar-refractivity contribution >= 4 is 21.6 Å². The van der Waals surface area contributed by atoms with E-state index in [0.717, 1.165) is 16.6 Å². The zero-order chi connectivity index (χ0) is 9.42. The van der Waals surface area contributed by atoms with E-state index in [0.29, 0.717) is 11.3 Å². The van der Waals surface area contributed by atoms with Crippen LogP contribution in [-0.4, -0.2) is 6.61 Å². The van der Waals surface area contributed by atoms with Gasteiger partial charge in [0.1, 0.15) is 12.2 Å². The Balaban J connectivity index is 2.51. The number of anilines is 1. The standard InChI is InChI=1S/C9H7BrN2O/c10-7-2-5(8-4-13-8)1-6(3-11)9(7)12/h1-2,8H,4,12H2. The molecule has 4 heteroatoms. The molecule has 1 fully saturated rings. The van der Waals surface area contributed by atoms with Gasteiger partial charge in [-0.2, -0.15) is 5.26 Å². The molecule has 0 amide bonds. The molecule has 66 valence electrons. The highest BCUT2D eigenvalue weighted by molar-refractivity contribution is 9.10. The monoisotopic (exact) mass is 238 g/mol. The van der Waals surface area contributed by atoms with Gasteiger partial charge >= 0.3 is 0 Å². The second-order valence-corrected chi connectivity index (χ2v) is 3.75. The van der Waals surface area contributed by atoms with E-state index in [1.54, 1.807) is 6.07 Å². The van der Waals surface area contributed by atoms with Crippen molar-refractivity contribution < 1.29 is 4.74 Å². The highest BCUT2D eigenvalue weighted by atomic mass is 79.9. The van der Waals surface area contributed by atoms with Crippen molar-refractivity contribution in [1.82, 2.24) is 0 Å². The van der Waals surface area contributed by atoms with Gasteiger partial charge in [-0.05, 0) is 33.6 Å². The lowest BCUT2D eigenvalue weighted by Crippen LogP contribution is -1.94. The van der Waals surface area contributed by atoms with Crippen LogP contribution in [0.5, 0.6) is 0 Å². The summed E-state index contributed by atoms with van der Waals surface area (Å²) in [5.41, 5.74) is 7.68. The number of nitrogens with two attached hydrogens (primary N) is 1. The van der Waals surface area contributed by atoms with Crippen molar-refractivity contribution in [2.75, 3.05) is 12.3 Å². The van der Waals surface area contributed by atoms with Crippen LogP contribution < -0.4 is 5.73 Å². The maximum Gasteiger partial charge on any atom is 0.106 e. The average Bonchev–Trinajstić information content (AvgIpc) is 2.92. The van der Waals surface area contributed by atoms with E-state index in [2.05, 4.69) is 15.9 Å². The fourth-order valence-corrected chi connectivity index (χ4v) is 1.64. The number of rotatable bonds is 1. The van der Waals surface area contributed by atoms with Crippen molar-refractivity contribution in [1.29, 1.82) is 5.26 Å². The van der Waals surface area contributed by atoms with Crippen LogP contribution in [0, 0.1) is 11.3 Å². The smallest absolute Gasteiger partial charge is 0.106 e. The predicted octanol–water partition coefficient (Wildman–Crippen LogP) is 1.97. The number of epoxide rings is 1. The number of hydrogen-bond acceptors (Lipinski definition) is 3. The first kappa shape index (κ1) is 8.54. The minimum absolute atomic E-state index is 0.156. The normalized spacial score (nSPS) is 19.5. The Bertz CT molecular complexity index is 393.